The Hall–Kier alpha value is -2.15. The van der Waals surface area contributed by atoms with Crippen LogP contribution in [0.2, 0.25) is 0 Å². The first-order valence-electron chi connectivity index (χ1n) is 7.14. The molecule has 2 atom stereocenters. The Labute approximate surface area is 122 Å². The second-order valence-electron chi connectivity index (χ2n) is 5.68. The highest BCUT2D eigenvalue weighted by atomic mass is 16.3. The Kier molecular flexibility index (Phi) is 3.50. The smallest absolute Gasteiger partial charge is 0.224 e. The third kappa shape index (κ3) is 2.56. The average molecular weight is 288 g/mol. The molecule has 3 rings (SSSR count). The highest BCUT2D eigenvalue weighted by molar-refractivity contribution is 5.84. The van der Waals surface area contributed by atoms with Crippen LogP contribution < -0.4 is 11.1 Å². The lowest BCUT2D eigenvalue weighted by Crippen LogP contribution is -2.13. The molecule has 0 amide bonds. The molecule has 2 heterocycles. The molecule has 0 saturated heterocycles. The summed E-state index contributed by atoms with van der Waals surface area (Å²) in [4.78, 5) is 13.0. The van der Waals surface area contributed by atoms with Crippen LogP contribution in [0, 0.1) is 5.92 Å². The van der Waals surface area contributed by atoms with Gasteiger partial charge in [0.1, 0.15) is 0 Å². The number of imidazole rings is 1. The Morgan fingerprint density at radius 3 is 2.90 bits per heavy atom. The number of aliphatic hydroxyl groups is 1. The van der Waals surface area contributed by atoms with Crippen molar-refractivity contribution in [3.8, 4) is 0 Å². The van der Waals surface area contributed by atoms with Gasteiger partial charge in [-0.1, -0.05) is 12.2 Å². The Morgan fingerprint density at radius 1 is 1.43 bits per heavy atom. The van der Waals surface area contributed by atoms with Crippen molar-refractivity contribution in [1.82, 2.24) is 19.5 Å². The predicted octanol–water partition coefficient (Wildman–Crippen LogP) is 1.34. The Balaban J connectivity index is 2.02. The number of allylic oxidation sites excluding steroid dienone is 1. The summed E-state index contributed by atoms with van der Waals surface area (Å²) in [5, 5.41) is 12.5. The van der Waals surface area contributed by atoms with Crippen LogP contribution in [-0.2, 0) is 0 Å². The van der Waals surface area contributed by atoms with E-state index in [4.69, 9.17) is 5.73 Å². The van der Waals surface area contributed by atoms with Gasteiger partial charge in [0.05, 0.1) is 12.4 Å². The predicted molar refractivity (Wildman–Crippen MR) is 81.9 cm³/mol. The maximum absolute atomic E-state index is 9.25. The van der Waals surface area contributed by atoms with Crippen LogP contribution in [0.5, 0.6) is 0 Å². The van der Waals surface area contributed by atoms with Crippen molar-refractivity contribution in [3.63, 3.8) is 0 Å². The van der Waals surface area contributed by atoms with Gasteiger partial charge in [0, 0.05) is 18.6 Å². The first kappa shape index (κ1) is 13.8. The molecule has 0 aliphatic heterocycles. The van der Waals surface area contributed by atoms with E-state index in [-0.39, 0.29) is 30.6 Å². The number of hydrogen-bond donors (Lipinski definition) is 3. The summed E-state index contributed by atoms with van der Waals surface area (Å²) in [6, 6.07) is 0.381. The van der Waals surface area contributed by atoms with E-state index in [2.05, 4.69) is 26.3 Å². The summed E-state index contributed by atoms with van der Waals surface area (Å²) in [7, 11) is 0. The van der Waals surface area contributed by atoms with Crippen molar-refractivity contribution in [2.45, 2.75) is 32.4 Å². The first-order valence-corrected chi connectivity index (χ1v) is 7.14. The molecule has 2 aromatic heterocycles. The van der Waals surface area contributed by atoms with E-state index in [0.717, 1.165) is 17.6 Å². The summed E-state index contributed by atoms with van der Waals surface area (Å²) in [5.41, 5.74) is 7.26. The molecule has 0 saturated carbocycles. The second kappa shape index (κ2) is 5.33. The molecule has 1 aliphatic carbocycles. The third-order valence-corrected chi connectivity index (χ3v) is 3.61. The molecule has 0 spiro atoms. The molecular weight excluding hydrogens is 268 g/mol. The first-order chi connectivity index (χ1) is 10.1. The summed E-state index contributed by atoms with van der Waals surface area (Å²) < 4.78 is 1.99. The zero-order valence-electron chi connectivity index (χ0n) is 12.2. The Bertz CT molecular complexity index is 677. The molecule has 0 radical (unpaired) electrons. The fourth-order valence-corrected chi connectivity index (χ4v) is 2.64. The molecule has 4 N–H and O–H groups in total. The molecule has 0 aromatic carbocycles. The molecular formula is C14H20N6O. The normalized spacial score (nSPS) is 21.5. The molecule has 7 nitrogen and oxygen atoms in total. The van der Waals surface area contributed by atoms with Gasteiger partial charge in [-0.15, -0.1) is 0 Å². The van der Waals surface area contributed by atoms with Gasteiger partial charge >= 0.3 is 0 Å². The number of hydrogen-bond acceptors (Lipinski definition) is 6. The lowest BCUT2D eigenvalue weighted by molar-refractivity contribution is 0.244. The lowest BCUT2D eigenvalue weighted by atomic mass is 10.1. The fraction of sp³-hybridized carbons (Fsp3) is 0.500. The van der Waals surface area contributed by atoms with Crippen LogP contribution in [0.3, 0.4) is 0 Å². The van der Waals surface area contributed by atoms with Gasteiger partial charge in [-0.25, -0.2) is 4.98 Å². The number of nitrogens with one attached hydrogen (secondary N) is 1. The zero-order valence-corrected chi connectivity index (χ0v) is 12.2. The number of fused-ring (bicyclic) bond motifs is 1. The van der Waals surface area contributed by atoms with Crippen molar-refractivity contribution in [2.24, 2.45) is 5.92 Å². The van der Waals surface area contributed by atoms with E-state index in [0.29, 0.717) is 5.82 Å². The summed E-state index contributed by atoms with van der Waals surface area (Å²) in [6.45, 7) is 4.23. The highest BCUT2D eigenvalue weighted by Gasteiger charge is 2.23. The van der Waals surface area contributed by atoms with Crippen molar-refractivity contribution >= 4 is 22.9 Å². The molecule has 0 unspecified atom stereocenters. The molecule has 0 fully saturated rings. The highest BCUT2D eigenvalue weighted by Crippen LogP contribution is 2.31. The van der Waals surface area contributed by atoms with Crippen LogP contribution in [0.4, 0.5) is 11.8 Å². The molecule has 7 heteroatoms. The van der Waals surface area contributed by atoms with Crippen LogP contribution in [0.25, 0.3) is 11.2 Å². The quantitative estimate of drug-likeness (QED) is 0.734. The SMILES string of the molecule is CC(C)Nc1nc(N)nc2c1ncn2[C@H]1C=C[C@@H](CO)C1. The largest absolute Gasteiger partial charge is 0.396 e. The number of aliphatic hydroxyl groups excluding tert-OH is 1. The number of nitrogens with two attached hydrogens (primary N) is 1. The zero-order chi connectivity index (χ0) is 15.0. The van der Waals surface area contributed by atoms with Gasteiger partial charge in [-0.2, -0.15) is 9.97 Å². The summed E-state index contributed by atoms with van der Waals surface area (Å²) >= 11 is 0. The summed E-state index contributed by atoms with van der Waals surface area (Å²) in [5.74, 6) is 1.08. The van der Waals surface area contributed by atoms with Gasteiger partial charge in [-0.3, -0.25) is 0 Å². The molecule has 2 aromatic rings. The standard InChI is InChI=1S/C14H20N6O/c1-8(2)17-12-11-13(19-14(15)18-12)20(7-16-11)10-4-3-9(5-10)6-21/h3-4,7-10,21H,5-6H2,1-2H3,(H3,15,17,18,19)/t9-,10+/m1/s1. The van der Waals surface area contributed by atoms with E-state index in [1.807, 2.05) is 24.5 Å². The lowest BCUT2D eigenvalue weighted by Gasteiger charge is -2.14. The van der Waals surface area contributed by atoms with Crippen molar-refractivity contribution in [3.05, 3.63) is 18.5 Å². The van der Waals surface area contributed by atoms with E-state index in [1.165, 1.54) is 0 Å². The number of rotatable bonds is 4. The number of aromatic nitrogens is 4. The van der Waals surface area contributed by atoms with Gasteiger partial charge in [-0.05, 0) is 20.3 Å². The van der Waals surface area contributed by atoms with Crippen LogP contribution in [0.15, 0.2) is 18.5 Å². The van der Waals surface area contributed by atoms with Crippen molar-refractivity contribution in [1.29, 1.82) is 0 Å². The number of nitrogens with zero attached hydrogens (tertiary/aromatic N) is 4. The molecule has 0 bridgehead atoms. The minimum atomic E-state index is 0.147. The molecule has 1 aliphatic rings. The minimum absolute atomic E-state index is 0.147. The van der Waals surface area contributed by atoms with Gasteiger partial charge in [0.15, 0.2) is 17.0 Å². The fourth-order valence-electron chi connectivity index (χ4n) is 2.64. The molecule has 112 valence electrons. The van der Waals surface area contributed by atoms with Crippen LogP contribution in [0.1, 0.15) is 26.3 Å². The average Bonchev–Trinajstić information content (AvgIpc) is 3.03. The topological polar surface area (TPSA) is 102 Å². The van der Waals surface area contributed by atoms with E-state index < -0.39 is 0 Å². The monoisotopic (exact) mass is 288 g/mol. The molecule has 21 heavy (non-hydrogen) atoms. The van der Waals surface area contributed by atoms with Crippen molar-refractivity contribution < 1.29 is 5.11 Å². The van der Waals surface area contributed by atoms with Crippen molar-refractivity contribution in [2.75, 3.05) is 17.7 Å². The van der Waals surface area contributed by atoms with Crippen LogP contribution in [-0.4, -0.2) is 37.3 Å². The third-order valence-electron chi connectivity index (χ3n) is 3.61. The van der Waals surface area contributed by atoms with E-state index >= 15 is 0 Å². The van der Waals surface area contributed by atoms with Gasteiger partial charge in [0.25, 0.3) is 0 Å². The minimum Gasteiger partial charge on any atom is -0.396 e. The van der Waals surface area contributed by atoms with E-state index in [9.17, 15) is 5.11 Å². The Morgan fingerprint density at radius 2 is 2.24 bits per heavy atom. The number of anilines is 2. The van der Waals surface area contributed by atoms with Crippen LogP contribution >= 0.6 is 0 Å². The number of nitrogen functional groups attached to an aromatic ring is 1. The second-order valence-corrected chi connectivity index (χ2v) is 5.68. The van der Waals surface area contributed by atoms with E-state index in [1.54, 1.807) is 6.33 Å². The maximum Gasteiger partial charge on any atom is 0.224 e. The summed E-state index contributed by atoms with van der Waals surface area (Å²) in [6.07, 6.45) is 6.72. The van der Waals surface area contributed by atoms with Gasteiger partial charge < -0.3 is 20.7 Å². The maximum atomic E-state index is 9.25. The van der Waals surface area contributed by atoms with Gasteiger partial charge in [0.2, 0.25) is 5.95 Å².